The zero-order valence-electron chi connectivity index (χ0n) is 20.5. The summed E-state index contributed by atoms with van der Waals surface area (Å²) >= 11 is 0. The molecule has 3 nitrogen and oxygen atoms in total. The highest BCUT2D eigenvalue weighted by Crippen LogP contribution is 2.70. The monoisotopic (exact) mass is 437 g/mol. The molecule has 1 spiro atoms. The van der Waals surface area contributed by atoms with Crippen LogP contribution < -0.4 is 16.0 Å². The molecule has 0 aromatic heterocycles. The Morgan fingerprint density at radius 2 is 1.22 bits per heavy atom. The summed E-state index contributed by atoms with van der Waals surface area (Å²) in [7, 11) is 0. The van der Waals surface area contributed by atoms with E-state index in [4.69, 9.17) is 0 Å². The average Bonchev–Trinajstić information content (AvgIpc) is 3.16. The molecule has 0 amide bonds. The molecule has 4 heteroatoms. The normalized spacial score (nSPS) is 51.6. The lowest BCUT2D eigenvalue weighted by atomic mass is 9.18. The molecule has 8 unspecified atom stereocenters. The van der Waals surface area contributed by atoms with E-state index in [-0.39, 0.29) is 0 Å². The maximum atomic E-state index is 4.35. The minimum atomic E-state index is 0.532. The molecule has 7 fully saturated rings. The van der Waals surface area contributed by atoms with Crippen LogP contribution >= 0.6 is 0 Å². The third-order valence-corrected chi connectivity index (χ3v) is 12.5. The van der Waals surface area contributed by atoms with Crippen molar-refractivity contribution < 1.29 is 0 Å². The van der Waals surface area contributed by atoms with E-state index in [2.05, 4.69) is 16.0 Å². The summed E-state index contributed by atoms with van der Waals surface area (Å²) in [6.45, 7) is 6.20. The molecule has 178 valence electrons. The Balaban J connectivity index is 1.36. The Morgan fingerprint density at radius 3 is 1.97 bits per heavy atom. The van der Waals surface area contributed by atoms with Crippen molar-refractivity contribution in [2.75, 3.05) is 26.2 Å². The maximum Gasteiger partial charge on any atom is 0.153 e. The first-order valence-electron chi connectivity index (χ1n) is 15.1. The number of fused-ring (bicyclic) bond motifs is 9. The van der Waals surface area contributed by atoms with Gasteiger partial charge in [-0.05, 0) is 93.6 Å². The van der Waals surface area contributed by atoms with Crippen LogP contribution in [0.2, 0.25) is 17.5 Å². The van der Waals surface area contributed by atoms with Crippen molar-refractivity contribution in [1.82, 2.24) is 16.0 Å². The van der Waals surface area contributed by atoms with Gasteiger partial charge in [-0.2, -0.15) is 0 Å². The molecule has 0 radical (unpaired) electrons. The summed E-state index contributed by atoms with van der Waals surface area (Å²) in [4.78, 5) is 0. The molecular formula is C28H48BN3. The quantitative estimate of drug-likeness (QED) is 0.499. The highest BCUT2D eigenvalue weighted by Gasteiger charge is 2.72. The summed E-state index contributed by atoms with van der Waals surface area (Å²) in [6.07, 6.45) is 21.2. The van der Waals surface area contributed by atoms with Crippen molar-refractivity contribution in [2.24, 2.45) is 29.1 Å². The van der Waals surface area contributed by atoms with Gasteiger partial charge in [0.2, 0.25) is 0 Å². The largest absolute Gasteiger partial charge is 0.316 e. The molecule has 7 rings (SSSR count). The van der Waals surface area contributed by atoms with E-state index < -0.39 is 0 Å². The predicted molar refractivity (Wildman–Crippen MR) is 134 cm³/mol. The molecule has 0 bridgehead atoms. The molecule has 3 saturated carbocycles. The third-order valence-electron chi connectivity index (χ3n) is 12.5. The average molecular weight is 438 g/mol. The van der Waals surface area contributed by atoms with Crippen LogP contribution in [0, 0.1) is 29.1 Å². The van der Waals surface area contributed by atoms with Gasteiger partial charge in [-0.25, -0.2) is 0 Å². The van der Waals surface area contributed by atoms with Crippen LogP contribution in [-0.4, -0.2) is 45.0 Å². The van der Waals surface area contributed by atoms with E-state index in [0.717, 1.165) is 59.9 Å². The lowest BCUT2D eigenvalue weighted by molar-refractivity contribution is -0.0311. The van der Waals surface area contributed by atoms with Gasteiger partial charge in [-0.3, -0.25) is 0 Å². The Morgan fingerprint density at radius 1 is 0.562 bits per heavy atom. The standard InChI is InChI=1S/C28H48BN3/c1-2-8-19(9-3-1)29-24-12-6-15-31-26(24)28(27-25(29)13-7-16-32-27)22-11-5-4-10-20(22)21-14-17-30-18-23(21)28/h19-27,30-32H,1-18H2. The topological polar surface area (TPSA) is 36.1 Å². The van der Waals surface area contributed by atoms with Crippen LogP contribution in [0.1, 0.15) is 89.9 Å². The Labute approximate surface area is 197 Å². The second kappa shape index (κ2) is 8.56. The van der Waals surface area contributed by atoms with E-state index in [9.17, 15) is 0 Å². The lowest BCUT2D eigenvalue weighted by Gasteiger charge is -2.66. The summed E-state index contributed by atoms with van der Waals surface area (Å²) < 4.78 is 0. The fraction of sp³-hybridized carbons (Fsp3) is 1.00. The van der Waals surface area contributed by atoms with Crippen LogP contribution in [0.25, 0.3) is 0 Å². The first-order valence-corrected chi connectivity index (χ1v) is 15.1. The van der Waals surface area contributed by atoms with Crippen molar-refractivity contribution in [3.05, 3.63) is 0 Å². The highest BCUT2D eigenvalue weighted by molar-refractivity contribution is 6.64. The van der Waals surface area contributed by atoms with Crippen LogP contribution in [0.4, 0.5) is 0 Å². The smallest absolute Gasteiger partial charge is 0.153 e. The Kier molecular flexibility index (Phi) is 5.68. The van der Waals surface area contributed by atoms with Crippen LogP contribution in [0.5, 0.6) is 0 Å². The Bertz CT molecular complexity index is 630. The van der Waals surface area contributed by atoms with E-state index in [0.29, 0.717) is 5.41 Å². The van der Waals surface area contributed by atoms with E-state index in [1.165, 1.54) is 90.4 Å². The van der Waals surface area contributed by atoms with Crippen molar-refractivity contribution in [3.8, 4) is 0 Å². The zero-order chi connectivity index (χ0) is 21.1. The van der Waals surface area contributed by atoms with Gasteiger partial charge in [0.1, 0.15) is 0 Å². The third kappa shape index (κ3) is 2.97. The Hall–Kier alpha value is -0.0551. The molecule has 32 heavy (non-hydrogen) atoms. The van der Waals surface area contributed by atoms with Gasteiger partial charge in [0.05, 0.1) is 0 Å². The number of hydrogen-bond acceptors (Lipinski definition) is 3. The number of nitrogens with one attached hydrogen (secondary N) is 3. The summed E-state index contributed by atoms with van der Waals surface area (Å²) in [5.74, 6) is 6.94. The zero-order valence-corrected chi connectivity index (χ0v) is 20.5. The summed E-state index contributed by atoms with van der Waals surface area (Å²) in [6, 6.07) is 1.60. The van der Waals surface area contributed by atoms with Gasteiger partial charge in [-0.15, -0.1) is 0 Å². The fourth-order valence-corrected chi connectivity index (χ4v) is 11.9. The van der Waals surface area contributed by atoms with Gasteiger partial charge < -0.3 is 16.0 Å². The van der Waals surface area contributed by atoms with Gasteiger partial charge in [0, 0.05) is 17.5 Å². The van der Waals surface area contributed by atoms with Gasteiger partial charge in [0.15, 0.2) is 6.71 Å². The number of hydrogen-bond donors (Lipinski definition) is 3. The second-order valence-corrected chi connectivity index (χ2v) is 13.3. The van der Waals surface area contributed by atoms with E-state index in [1.807, 2.05) is 0 Å². The lowest BCUT2D eigenvalue weighted by Crippen LogP contribution is -2.74. The minimum Gasteiger partial charge on any atom is -0.316 e. The molecule has 3 aliphatic carbocycles. The minimum absolute atomic E-state index is 0.532. The van der Waals surface area contributed by atoms with Gasteiger partial charge in [-0.1, -0.05) is 63.6 Å². The van der Waals surface area contributed by atoms with Crippen molar-refractivity contribution in [3.63, 3.8) is 0 Å². The molecule has 8 atom stereocenters. The summed E-state index contributed by atoms with van der Waals surface area (Å²) in [5, 5.41) is 12.7. The molecular weight excluding hydrogens is 389 g/mol. The molecule has 4 heterocycles. The molecule has 4 aliphatic heterocycles. The van der Waals surface area contributed by atoms with Crippen molar-refractivity contribution >= 4 is 6.71 Å². The van der Waals surface area contributed by atoms with Crippen molar-refractivity contribution in [1.29, 1.82) is 0 Å². The fourth-order valence-electron chi connectivity index (χ4n) is 11.9. The second-order valence-electron chi connectivity index (χ2n) is 13.3. The van der Waals surface area contributed by atoms with Crippen molar-refractivity contribution in [2.45, 2.75) is 119 Å². The highest BCUT2D eigenvalue weighted by atomic mass is 15.1. The number of rotatable bonds is 1. The van der Waals surface area contributed by atoms with Gasteiger partial charge >= 0.3 is 0 Å². The first-order chi connectivity index (χ1) is 15.9. The molecule has 7 aliphatic rings. The van der Waals surface area contributed by atoms with Crippen LogP contribution in [0.15, 0.2) is 0 Å². The van der Waals surface area contributed by atoms with Gasteiger partial charge in [0.25, 0.3) is 0 Å². The van der Waals surface area contributed by atoms with Crippen LogP contribution in [0.3, 0.4) is 0 Å². The molecule has 0 aromatic rings. The maximum absolute atomic E-state index is 4.35. The van der Waals surface area contributed by atoms with Crippen LogP contribution in [-0.2, 0) is 0 Å². The molecule has 3 N–H and O–H groups in total. The SMILES string of the molecule is C1CCC(B2C3CCCNC3C3(C4CCCCC4C4CCNCC43)C3NCCCC23)CC1. The number of piperidine rings is 3. The predicted octanol–water partition coefficient (Wildman–Crippen LogP) is 5.11. The summed E-state index contributed by atoms with van der Waals surface area (Å²) in [5.41, 5.74) is 0.532. The van der Waals surface area contributed by atoms with E-state index >= 15 is 0 Å². The van der Waals surface area contributed by atoms with E-state index in [1.54, 1.807) is 25.7 Å². The molecule has 4 saturated heterocycles. The first kappa shape index (κ1) is 21.2. The molecule has 0 aromatic carbocycles.